The molecule has 0 aliphatic heterocycles. The summed E-state index contributed by atoms with van der Waals surface area (Å²) in [5.74, 6) is 1.77. The van der Waals surface area contributed by atoms with Crippen LogP contribution < -0.4 is 0 Å². The Kier molecular flexibility index (Phi) is 5.22. The molecule has 10 atom stereocenters. The van der Waals surface area contributed by atoms with Gasteiger partial charge in [-0.25, -0.2) is 0 Å². The van der Waals surface area contributed by atoms with E-state index in [-0.39, 0.29) is 33.0 Å². The lowest BCUT2D eigenvalue weighted by molar-refractivity contribution is -0.280. The first kappa shape index (κ1) is 24.3. The molecule has 33 heavy (non-hydrogen) atoms. The van der Waals surface area contributed by atoms with Gasteiger partial charge in [0.1, 0.15) is 5.78 Å². The van der Waals surface area contributed by atoms with Crippen molar-refractivity contribution in [3.05, 3.63) is 0 Å². The van der Waals surface area contributed by atoms with Crippen molar-refractivity contribution in [3.63, 3.8) is 0 Å². The summed E-state index contributed by atoms with van der Waals surface area (Å²) in [5, 5.41) is 22.4. The number of Topliss-reactive ketones (excluding diaryl/α,β-unsaturated/α-hetero) is 1. The molecule has 0 aromatic rings. The first-order valence-corrected chi connectivity index (χ1v) is 14.0. The highest BCUT2D eigenvalue weighted by Gasteiger charge is 2.72. The molecule has 0 saturated heterocycles. The third kappa shape index (κ3) is 2.85. The number of hydrogen-bond acceptors (Lipinski definition) is 3. The molecule has 1 unspecified atom stereocenters. The van der Waals surface area contributed by atoms with Gasteiger partial charge in [0.05, 0.1) is 6.10 Å². The van der Waals surface area contributed by atoms with Crippen molar-refractivity contribution in [3.8, 4) is 0 Å². The Morgan fingerprint density at radius 1 is 0.848 bits per heavy atom. The van der Waals surface area contributed by atoms with E-state index in [0.717, 1.165) is 25.7 Å². The summed E-state index contributed by atoms with van der Waals surface area (Å²) in [4.78, 5) is 12.8. The minimum Gasteiger partial charge on any atom is -0.396 e. The third-order valence-electron chi connectivity index (χ3n) is 13.9. The van der Waals surface area contributed by atoms with Gasteiger partial charge in [0.15, 0.2) is 0 Å². The Bertz CT molecular complexity index is 834. The predicted molar refractivity (Wildman–Crippen MR) is 133 cm³/mol. The number of aliphatic hydroxyl groups excluding tert-OH is 2. The molecular formula is C30H50O3. The van der Waals surface area contributed by atoms with E-state index in [1.165, 1.54) is 32.1 Å². The smallest absolute Gasteiger partial charge is 0.136 e. The number of aliphatic hydroxyl groups is 2. The summed E-state index contributed by atoms with van der Waals surface area (Å²) in [7, 11) is 0. The molecule has 5 aliphatic rings. The van der Waals surface area contributed by atoms with Crippen LogP contribution in [0.1, 0.15) is 113 Å². The van der Waals surface area contributed by atoms with Crippen molar-refractivity contribution < 1.29 is 15.0 Å². The van der Waals surface area contributed by atoms with Crippen LogP contribution in [0.2, 0.25) is 0 Å². The fraction of sp³-hybridized carbons (Fsp3) is 0.967. The van der Waals surface area contributed by atoms with Gasteiger partial charge in [-0.15, -0.1) is 0 Å². The summed E-state index contributed by atoms with van der Waals surface area (Å²) in [6.45, 7) is 17.2. The molecule has 0 aromatic heterocycles. The van der Waals surface area contributed by atoms with E-state index in [2.05, 4.69) is 48.5 Å². The topological polar surface area (TPSA) is 57.5 Å². The van der Waals surface area contributed by atoms with Crippen molar-refractivity contribution in [1.29, 1.82) is 0 Å². The molecule has 3 nitrogen and oxygen atoms in total. The zero-order chi connectivity index (χ0) is 24.2. The fourth-order valence-corrected chi connectivity index (χ4v) is 11.2. The number of carbonyl (C=O) groups is 1. The SMILES string of the molecule is C[C@H]1C(=O)CC[C@H]2[C@]3(C)CC[C@@]4(C)C5CC(C)(C)CC[C@]5(CO)CC[C@]4(C)[C@H]3C[C@@H](O)[C@]12C. The van der Waals surface area contributed by atoms with Gasteiger partial charge in [0.2, 0.25) is 0 Å². The molecule has 0 heterocycles. The van der Waals surface area contributed by atoms with Crippen molar-refractivity contribution in [2.45, 2.75) is 119 Å². The van der Waals surface area contributed by atoms with E-state index in [9.17, 15) is 15.0 Å². The van der Waals surface area contributed by atoms with Crippen LogP contribution in [0.5, 0.6) is 0 Å². The van der Waals surface area contributed by atoms with E-state index in [1.807, 2.05) is 0 Å². The minimum atomic E-state index is -0.397. The number of ketones is 1. The van der Waals surface area contributed by atoms with Gasteiger partial charge >= 0.3 is 0 Å². The van der Waals surface area contributed by atoms with Crippen LogP contribution in [-0.4, -0.2) is 28.7 Å². The molecule has 2 N–H and O–H groups in total. The molecule has 0 aromatic carbocycles. The summed E-state index contributed by atoms with van der Waals surface area (Å²) < 4.78 is 0. The lowest BCUT2D eigenvalue weighted by atomic mass is 9.29. The molecule has 0 bridgehead atoms. The Morgan fingerprint density at radius 2 is 1.45 bits per heavy atom. The first-order chi connectivity index (χ1) is 15.2. The van der Waals surface area contributed by atoms with Crippen LogP contribution in [-0.2, 0) is 4.79 Å². The molecule has 0 spiro atoms. The van der Waals surface area contributed by atoms with Crippen LogP contribution in [0.15, 0.2) is 0 Å². The molecule has 0 radical (unpaired) electrons. The van der Waals surface area contributed by atoms with Gasteiger partial charge in [-0.2, -0.15) is 0 Å². The molecule has 188 valence electrons. The molecular weight excluding hydrogens is 408 g/mol. The monoisotopic (exact) mass is 458 g/mol. The van der Waals surface area contributed by atoms with Crippen molar-refractivity contribution >= 4 is 5.78 Å². The van der Waals surface area contributed by atoms with Crippen molar-refractivity contribution in [2.75, 3.05) is 6.61 Å². The van der Waals surface area contributed by atoms with Gasteiger partial charge in [0, 0.05) is 24.4 Å². The molecule has 5 aliphatic carbocycles. The van der Waals surface area contributed by atoms with Crippen molar-refractivity contribution in [1.82, 2.24) is 0 Å². The second-order valence-electron chi connectivity index (χ2n) is 15.2. The summed E-state index contributed by atoms with van der Waals surface area (Å²) in [6.07, 6.45) is 10.4. The quantitative estimate of drug-likeness (QED) is 0.478. The van der Waals surface area contributed by atoms with Crippen LogP contribution in [0.25, 0.3) is 0 Å². The summed E-state index contributed by atoms with van der Waals surface area (Å²) in [6, 6.07) is 0. The Hall–Kier alpha value is -0.410. The predicted octanol–water partition coefficient (Wildman–Crippen LogP) is 6.40. The zero-order valence-corrected chi connectivity index (χ0v) is 22.5. The van der Waals surface area contributed by atoms with Crippen LogP contribution >= 0.6 is 0 Å². The maximum Gasteiger partial charge on any atom is 0.136 e. The fourth-order valence-electron chi connectivity index (χ4n) is 11.2. The number of fused-ring (bicyclic) bond motifs is 7. The number of hydrogen-bond donors (Lipinski definition) is 2. The van der Waals surface area contributed by atoms with E-state index in [0.29, 0.717) is 42.0 Å². The van der Waals surface area contributed by atoms with Gasteiger partial charge in [-0.1, -0.05) is 48.5 Å². The minimum absolute atomic E-state index is 0.0438. The highest BCUT2D eigenvalue weighted by molar-refractivity contribution is 5.82. The van der Waals surface area contributed by atoms with Crippen molar-refractivity contribution in [2.24, 2.45) is 56.2 Å². The van der Waals surface area contributed by atoms with E-state index >= 15 is 0 Å². The average molecular weight is 459 g/mol. The van der Waals surface area contributed by atoms with E-state index < -0.39 is 6.10 Å². The lowest BCUT2D eigenvalue weighted by Gasteiger charge is -2.75. The molecule has 0 amide bonds. The van der Waals surface area contributed by atoms with E-state index in [1.54, 1.807) is 0 Å². The molecule has 5 fully saturated rings. The second-order valence-corrected chi connectivity index (χ2v) is 15.2. The second kappa shape index (κ2) is 7.09. The number of carbonyl (C=O) groups excluding carboxylic acids is 1. The number of rotatable bonds is 1. The Balaban J connectivity index is 1.58. The standard InChI is InChI=1S/C30H50O3/c1-19-20(32)8-9-21-26(4)11-12-28(6)23-17-25(2,3)10-14-30(23,18-31)15-13-27(28,5)22(26)16-24(33)29(19,21)7/h19,21-24,31,33H,8-18H2,1-7H3/t19-,21-,22-,23?,24+,26-,27+,28-,29+,30+/m0/s1. The van der Waals surface area contributed by atoms with Gasteiger partial charge < -0.3 is 10.2 Å². The Morgan fingerprint density at radius 3 is 2.12 bits per heavy atom. The highest BCUT2D eigenvalue weighted by atomic mass is 16.3. The van der Waals surface area contributed by atoms with Crippen LogP contribution in [0.4, 0.5) is 0 Å². The van der Waals surface area contributed by atoms with Crippen LogP contribution in [0, 0.1) is 56.2 Å². The largest absolute Gasteiger partial charge is 0.396 e. The maximum atomic E-state index is 12.8. The third-order valence-corrected chi connectivity index (χ3v) is 13.9. The molecule has 5 rings (SSSR count). The van der Waals surface area contributed by atoms with Crippen LogP contribution in [0.3, 0.4) is 0 Å². The lowest BCUT2D eigenvalue weighted by Crippen LogP contribution is -2.70. The average Bonchev–Trinajstić information content (AvgIpc) is 2.76. The highest BCUT2D eigenvalue weighted by Crippen LogP contribution is 2.78. The molecule has 3 heteroatoms. The van der Waals surface area contributed by atoms with E-state index in [4.69, 9.17) is 0 Å². The maximum absolute atomic E-state index is 12.8. The normalized spacial score (nSPS) is 58.0. The summed E-state index contributed by atoms with van der Waals surface area (Å²) in [5.41, 5.74) is 0.686. The van der Waals surface area contributed by atoms with Gasteiger partial charge in [-0.3, -0.25) is 4.79 Å². The molecule has 5 saturated carbocycles. The zero-order valence-electron chi connectivity index (χ0n) is 22.5. The summed E-state index contributed by atoms with van der Waals surface area (Å²) >= 11 is 0. The van der Waals surface area contributed by atoms with Gasteiger partial charge in [0.25, 0.3) is 0 Å². The van der Waals surface area contributed by atoms with Gasteiger partial charge in [-0.05, 0) is 103 Å². The first-order valence-electron chi connectivity index (χ1n) is 14.0. The Labute approximate surface area is 202 Å².